The molecular formula is C14H14BrNOS. The normalized spacial score (nSPS) is 10.4. The van der Waals surface area contributed by atoms with Gasteiger partial charge in [0.1, 0.15) is 0 Å². The van der Waals surface area contributed by atoms with Crippen molar-refractivity contribution in [2.75, 3.05) is 5.32 Å². The van der Waals surface area contributed by atoms with Crippen molar-refractivity contribution in [1.82, 2.24) is 0 Å². The van der Waals surface area contributed by atoms with Crippen LogP contribution in [0.1, 0.15) is 16.0 Å². The number of amides is 1. The fourth-order valence-corrected chi connectivity index (χ4v) is 3.11. The Morgan fingerprint density at radius 1 is 1.22 bits per heavy atom. The minimum absolute atomic E-state index is 0.0209. The molecule has 1 amide bonds. The van der Waals surface area contributed by atoms with E-state index in [1.165, 1.54) is 11.1 Å². The Balaban J connectivity index is 2.00. The molecule has 0 radical (unpaired) electrons. The van der Waals surface area contributed by atoms with E-state index in [-0.39, 0.29) is 5.91 Å². The summed E-state index contributed by atoms with van der Waals surface area (Å²) in [6.07, 6.45) is 0.420. The van der Waals surface area contributed by atoms with Gasteiger partial charge in [0.05, 0.1) is 10.2 Å². The van der Waals surface area contributed by atoms with Crippen LogP contribution in [0, 0.1) is 13.8 Å². The van der Waals surface area contributed by atoms with Crippen LogP contribution in [0.2, 0.25) is 0 Å². The molecule has 0 fully saturated rings. The van der Waals surface area contributed by atoms with Crippen LogP contribution in [0.4, 0.5) is 5.69 Å². The highest BCUT2D eigenvalue weighted by atomic mass is 79.9. The Morgan fingerprint density at radius 2 is 2.00 bits per heavy atom. The number of hydrogen-bond acceptors (Lipinski definition) is 2. The molecule has 2 rings (SSSR count). The zero-order chi connectivity index (χ0) is 13.1. The second-order valence-corrected chi connectivity index (χ2v) is 6.78. The first-order chi connectivity index (χ1) is 8.54. The van der Waals surface area contributed by atoms with Gasteiger partial charge in [0.25, 0.3) is 0 Å². The van der Waals surface area contributed by atoms with E-state index in [1.807, 2.05) is 37.3 Å². The average Bonchev–Trinajstić information content (AvgIpc) is 2.69. The highest BCUT2D eigenvalue weighted by molar-refractivity contribution is 9.11. The standard InChI is InChI=1S/C14H14BrNOS/c1-9-3-4-11(7-10(9)2)16-14(17)8-12-5-6-13(15)18-12/h3-7H,8H2,1-2H3,(H,16,17). The number of halogens is 1. The average molecular weight is 324 g/mol. The molecule has 2 nitrogen and oxygen atoms in total. The largest absolute Gasteiger partial charge is 0.326 e. The lowest BCUT2D eigenvalue weighted by molar-refractivity contribution is -0.115. The quantitative estimate of drug-likeness (QED) is 0.896. The van der Waals surface area contributed by atoms with Crippen LogP contribution in [-0.2, 0) is 11.2 Å². The minimum Gasteiger partial charge on any atom is -0.326 e. The number of aryl methyl sites for hydroxylation is 2. The van der Waals surface area contributed by atoms with Crippen molar-refractivity contribution in [3.63, 3.8) is 0 Å². The molecule has 0 unspecified atom stereocenters. The Morgan fingerprint density at radius 3 is 2.61 bits per heavy atom. The summed E-state index contributed by atoms with van der Waals surface area (Å²) < 4.78 is 1.05. The van der Waals surface area contributed by atoms with Gasteiger partial charge >= 0.3 is 0 Å². The van der Waals surface area contributed by atoms with Crippen molar-refractivity contribution in [2.45, 2.75) is 20.3 Å². The number of benzene rings is 1. The van der Waals surface area contributed by atoms with Gasteiger partial charge < -0.3 is 5.32 Å². The number of anilines is 1. The maximum atomic E-state index is 11.9. The maximum absolute atomic E-state index is 11.9. The fraction of sp³-hybridized carbons (Fsp3) is 0.214. The molecule has 0 saturated heterocycles. The molecule has 1 heterocycles. The smallest absolute Gasteiger partial charge is 0.229 e. The van der Waals surface area contributed by atoms with Gasteiger partial charge in [-0.05, 0) is 65.2 Å². The number of rotatable bonds is 3. The number of carbonyl (C=O) groups excluding carboxylic acids is 1. The first-order valence-electron chi connectivity index (χ1n) is 5.66. The van der Waals surface area contributed by atoms with E-state index in [4.69, 9.17) is 0 Å². The highest BCUT2D eigenvalue weighted by Gasteiger charge is 2.06. The molecule has 4 heteroatoms. The van der Waals surface area contributed by atoms with Crippen molar-refractivity contribution in [3.05, 3.63) is 50.1 Å². The summed E-state index contributed by atoms with van der Waals surface area (Å²) in [5, 5.41) is 2.92. The third-order valence-corrected chi connectivity index (χ3v) is 4.38. The van der Waals surface area contributed by atoms with Crippen LogP contribution in [0.15, 0.2) is 34.1 Å². The van der Waals surface area contributed by atoms with Gasteiger partial charge in [-0.25, -0.2) is 0 Å². The first kappa shape index (κ1) is 13.3. The number of thiophene rings is 1. The van der Waals surface area contributed by atoms with Crippen LogP contribution in [0.25, 0.3) is 0 Å². The summed E-state index contributed by atoms with van der Waals surface area (Å²) in [5.41, 5.74) is 3.28. The van der Waals surface area contributed by atoms with E-state index >= 15 is 0 Å². The molecule has 1 aromatic carbocycles. The van der Waals surface area contributed by atoms with Crippen molar-refractivity contribution >= 4 is 38.9 Å². The topological polar surface area (TPSA) is 29.1 Å². The number of nitrogens with one attached hydrogen (secondary N) is 1. The molecule has 2 aromatic rings. The molecule has 1 aromatic heterocycles. The number of hydrogen-bond donors (Lipinski definition) is 1. The Labute approximate surface area is 119 Å². The van der Waals surface area contributed by atoms with E-state index < -0.39 is 0 Å². The summed E-state index contributed by atoms with van der Waals surface area (Å²) in [4.78, 5) is 12.9. The fourth-order valence-electron chi connectivity index (χ4n) is 1.63. The lowest BCUT2D eigenvalue weighted by Crippen LogP contribution is -2.13. The van der Waals surface area contributed by atoms with Gasteiger partial charge in [0.15, 0.2) is 0 Å². The Bertz CT molecular complexity index is 577. The molecule has 0 spiro atoms. The van der Waals surface area contributed by atoms with Crippen LogP contribution in [-0.4, -0.2) is 5.91 Å². The SMILES string of the molecule is Cc1ccc(NC(=O)Cc2ccc(Br)s2)cc1C. The van der Waals surface area contributed by atoms with E-state index in [2.05, 4.69) is 28.2 Å². The van der Waals surface area contributed by atoms with Crippen molar-refractivity contribution in [2.24, 2.45) is 0 Å². The zero-order valence-corrected chi connectivity index (χ0v) is 12.7. The summed E-state index contributed by atoms with van der Waals surface area (Å²) in [6.45, 7) is 4.10. The molecule has 0 aliphatic carbocycles. The third kappa shape index (κ3) is 3.43. The molecule has 0 aliphatic heterocycles. The van der Waals surface area contributed by atoms with Crippen molar-refractivity contribution < 1.29 is 4.79 Å². The molecule has 0 bridgehead atoms. The van der Waals surface area contributed by atoms with E-state index in [1.54, 1.807) is 11.3 Å². The van der Waals surface area contributed by atoms with Crippen LogP contribution in [0.5, 0.6) is 0 Å². The molecular weight excluding hydrogens is 310 g/mol. The van der Waals surface area contributed by atoms with Gasteiger partial charge in [-0.1, -0.05) is 6.07 Å². The number of carbonyl (C=O) groups is 1. The first-order valence-corrected chi connectivity index (χ1v) is 7.27. The molecule has 0 saturated carbocycles. The van der Waals surface area contributed by atoms with E-state index in [0.29, 0.717) is 6.42 Å². The third-order valence-electron chi connectivity index (χ3n) is 2.75. The molecule has 1 N–H and O–H groups in total. The summed E-state index contributed by atoms with van der Waals surface area (Å²) in [7, 11) is 0. The maximum Gasteiger partial charge on any atom is 0.229 e. The molecule has 0 aliphatic rings. The van der Waals surface area contributed by atoms with Crippen molar-refractivity contribution in [1.29, 1.82) is 0 Å². The Hall–Kier alpha value is -1.13. The monoisotopic (exact) mass is 323 g/mol. The molecule has 0 atom stereocenters. The predicted molar refractivity (Wildman–Crippen MR) is 80.3 cm³/mol. The van der Waals surface area contributed by atoms with E-state index in [0.717, 1.165) is 14.4 Å². The van der Waals surface area contributed by atoms with Gasteiger partial charge in [-0.15, -0.1) is 11.3 Å². The summed E-state index contributed by atoms with van der Waals surface area (Å²) in [5.74, 6) is 0.0209. The Kier molecular flexibility index (Phi) is 4.19. The second-order valence-electron chi connectivity index (χ2n) is 4.23. The molecule has 94 valence electrons. The van der Waals surface area contributed by atoms with Gasteiger partial charge in [-0.3, -0.25) is 4.79 Å². The van der Waals surface area contributed by atoms with Crippen LogP contribution in [0.3, 0.4) is 0 Å². The van der Waals surface area contributed by atoms with Gasteiger partial charge in [-0.2, -0.15) is 0 Å². The molecule has 18 heavy (non-hydrogen) atoms. The van der Waals surface area contributed by atoms with E-state index in [9.17, 15) is 4.79 Å². The second kappa shape index (κ2) is 5.67. The lowest BCUT2D eigenvalue weighted by Gasteiger charge is -2.07. The van der Waals surface area contributed by atoms with Gasteiger partial charge in [0, 0.05) is 10.6 Å². The van der Waals surface area contributed by atoms with Gasteiger partial charge in [0.2, 0.25) is 5.91 Å². The lowest BCUT2D eigenvalue weighted by atomic mass is 10.1. The highest BCUT2D eigenvalue weighted by Crippen LogP contribution is 2.23. The zero-order valence-electron chi connectivity index (χ0n) is 10.3. The summed E-state index contributed by atoms with van der Waals surface area (Å²) in [6, 6.07) is 9.88. The van der Waals surface area contributed by atoms with Crippen LogP contribution >= 0.6 is 27.3 Å². The van der Waals surface area contributed by atoms with Crippen molar-refractivity contribution in [3.8, 4) is 0 Å². The summed E-state index contributed by atoms with van der Waals surface area (Å²) >= 11 is 4.98. The predicted octanol–water partition coefficient (Wildman–Crippen LogP) is 4.31. The van der Waals surface area contributed by atoms with Crippen LogP contribution < -0.4 is 5.32 Å². The minimum atomic E-state index is 0.0209.